The minimum atomic E-state index is 0.809. The molecule has 0 radical (unpaired) electrons. The summed E-state index contributed by atoms with van der Waals surface area (Å²) in [5.41, 5.74) is 0. The first-order chi connectivity index (χ1) is 6.18. The minimum absolute atomic E-state index is 0.809. The van der Waals surface area contributed by atoms with Crippen LogP contribution in [0.3, 0.4) is 0 Å². The van der Waals surface area contributed by atoms with E-state index in [2.05, 4.69) is 26.1 Å². The zero-order chi connectivity index (χ0) is 9.42. The molecule has 2 aliphatic carbocycles. The maximum Gasteiger partial charge on any atom is 0.0121 e. The Balaban J connectivity index is 1.86. The van der Waals surface area contributed by atoms with E-state index in [0.717, 1.165) is 29.8 Å². The number of hydrogen-bond donors (Lipinski definition) is 1. The highest BCUT2D eigenvalue weighted by Crippen LogP contribution is 2.35. The van der Waals surface area contributed by atoms with Crippen molar-refractivity contribution in [3.8, 4) is 0 Å². The molecule has 1 heteroatoms. The predicted molar refractivity (Wildman–Crippen MR) is 56.7 cm³/mol. The third-order valence-corrected chi connectivity index (χ3v) is 4.06. The Morgan fingerprint density at radius 2 is 1.46 bits per heavy atom. The highest BCUT2D eigenvalue weighted by molar-refractivity contribution is 4.95. The molecule has 0 heterocycles. The van der Waals surface area contributed by atoms with Crippen molar-refractivity contribution < 1.29 is 0 Å². The largest absolute Gasteiger partial charge is 0.310 e. The molecule has 13 heavy (non-hydrogen) atoms. The Labute approximate surface area is 82.3 Å². The summed E-state index contributed by atoms with van der Waals surface area (Å²) in [4.78, 5) is 0. The molecule has 2 fully saturated rings. The number of rotatable bonds is 2. The van der Waals surface area contributed by atoms with Gasteiger partial charge in [-0.05, 0) is 37.0 Å². The summed E-state index contributed by atoms with van der Waals surface area (Å²) in [7, 11) is 0. The molecule has 1 nitrogen and oxygen atoms in total. The van der Waals surface area contributed by atoms with E-state index in [0.29, 0.717) is 0 Å². The van der Waals surface area contributed by atoms with Crippen molar-refractivity contribution in [3.63, 3.8) is 0 Å². The lowest BCUT2D eigenvalue weighted by Gasteiger charge is -2.35. The first kappa shape index (κ1) is 9.51. The molecular weight excluding hydrogens is 158 g/mol. The van der Waals surface area contributed by atoms with Crippen molar-refractivity contribution >= 4 is 0 Å². The Hall–Kier alpha value is -0.0400. The second-order valence-corrected chi connectivity index (χ2v) is 5.40. The third-order valence-electron chi connectivity index (χ3n) is 4.06. The molecule has 0 aromatic heterocycles. The Kier molecular flexibility index (Phi) is 2.64. The van der Waals surface area contributed by atoms with E-state index in [-0.39, 0.29) is 0 Å². The van der Waals surface area contributed by atoms with Crippen LogP contribution in [0.4, 0.5) is 0 Å². The van der Waals surface area contributed by atoms with Crippen molar-refractivity contribution in [2.24, 2.45) is 17.8 Å². The van der Waals surface area contributed by atoms with E-state index in [4.69, 9.17) is 0 Å². The third kappa shape index (κ3) is 2.07. The average molecular weight is 181 g/mol. The summed E-state index contributed by atoms with van der Waals surface area (Å²) in [5.74, 6) is 2.74. The van der Waals surface area contributed by atoms with Gasteiger partial charge in [-0.25, -0.2) is 0 Å². The topological polar surface area (TPSA) is 12.0 Å². The van der Waals surface area contributed by atoms with E-state index >= 15 is 0 Å². The van der Waals surface area contributed by atoms with Gasteiger partial charge in [0.25, 0.3) is 0 Å². The molecule has 76 valence electrons. The van der Waals surface area contributed by atoms with Gasteiger partial charge in [0, 0.05) is 12.1 Å². The van der Waals surface area contributed by atoms with E-state index in [9.17, 15) is 0 Å². The predicted octanol–water partition coefficient (Wildman–Crippen LogP) is 2.81. The summed E-state index contributed by atoms with van der Waals surface area (Å²) in [6.07, 6.45) is 5.73. The Bertz CT molecular complexity index is 168. The zero-order valence-corrected chi connectivity index (χ0v) is 9.22. The molecule has 1 N–H and O–H groups in total. The monoisotopic (exact) mass is 181 g/mol. The van der Waals surface area contributed by atoms with Crippen LogP contribution in [-0.4, -0.2) is 12.1 Å². The van der Waals surface area contributed by atoms with Crippen LogP contribution < -0.4 is 5.32 Å². The van der Waals surface area contributed by atoms with Gasteiger partial charge in [-0.3, -0.25) is 0 Å². The van der Waals surface area contributed by atoms with Gasteiger partial charge in [0.15, 0.2) is 0 Å². The van der Waals surface area contributed by atoms with Crippen LogP contribution in [0.5, 0.6) is 0 Å². The van der Waals surface area contributed by atoms with Gasteiger partial charge in [-0.2, -0.15) is 0 Å². The van der Waals surface area contributed by atoms with Crippen LogP contribution in [0.2, 0.25) is 0 Å². The van der Waals surface area contributed by atoms with Gasteiger partial charge in [0.2, 0.25) is 0 Å². The van der Waals surface area contributed by atoms with Crippen molar-refractivity contribution in [2.45, 2.75) is 58.5 Å². The summed E-state index contributed by atoms with van der Waals surface area (Å²) >= 11 is 0. The number of nitrogens with one attached hydrogen (secondary N) is 1. The van der Waals surface area contributed by atoms with Gasteiger partial charge in [0.1, 0.15) is 0 Å². The smallest absolute Gasteiger partial charge is 0.0121 e. The molecule has 4 atom stereocenters. The van der Waals surface area contributed by atoms with Crippen molar-refractivity contribution in [1.82, 2.24) is 5.32 Å². The van der Waals surface area contributed by atoms with Crippen LogP contribution >= 0.6 is 0 Å². The second kappa shape index (κ2) is 3.61. The van der Waals surface area contributed by atoms with Gasteiger partial charge in [-0.1, -0.05) is 27.2 Å². The Morgan fingerprint density at radius 1 is 0.923 bits per heavy atom. The van der Waals surface area contributed by atoms with E-state index < -0.39 is 0 Å². The lowest BCUT2D eigenvalue weighted by molar-refractivity contribution is 0.205. The molecule has 2 unspecified atom stereocenters. The van der Waals surface area contributed by atoms with Crippen LogP contribution in [0.1, 0.15) is 46.5 Å². The van der Waals surface area contributed by atoms with Gasteiger partial charge >= 0.3 is 0 Å². The molecule has 0 saturated heterocycles. The van der Waals surface area contributed by atoms with E-state index in [1.54, 1.807) is 0 Å². The standard InChI is InChI=1S/C12H23N/c1-8-5-4-6-9(2)12(8)13-11-7-10(11)3/h8-13H,4-7H2,1-3H3/t8?,9?,10-,11-,12?/m1/s1. The minimum Gasteiger partial charge on any atom is -0.310 e. The highest BCUT2D eigenvalue weighted by atomic mass is 15.0. The fourth-order valence-corrected chi connectivity index (χ4v) is 2.81. The summed E-state index contributed by atoms with van der Waals surface area (Å²) in [6, 6.07) is 1.66. The molecule has 0 amide bonds. The van der Waals surface area contributed by atoms with E-state index in [1.165, 1.54) is 25.7 Å². The molecule has 0 aromatic rings. The zero-order valence-electron chi connectivity index (χ0n) is 9.22. The van der Waals surface area contributed by atoms with Crippen LogP contribution in [0.25, 0.3) is 0 Å². The molecule has 2 rings (SSSR count). The van der Waals surface area contributed by atoms with Crippen molar-refractivity contribution in [1.29, 1.82) is 0 Å². The summed E-state index contributed by atoms with van der Waals surface area (Å²) < 4.78 is 0. The quantitative estimate of drug-likeness (QED) is 0.690. The lowest BCUT2D eigenvalue weighted by Crippen LogP contribution is -2.44. The van der Waals surface area contributed by atoms with Gasteiger partial charge in [0.05, 0.1) is 0 Å². The van der Waals surface area contributed by atoms with Crippen LogP contribution in [0.15, 0.2) is 0 Å². The van der Waals surface area contributed by atoms with Crippen molar-refractivity contribution in [2.75, 3.05) is 0 Å². The van der Waals surface area contributed by atoms with Crippen LogP contribution in [0, 0.1) is 17.8 Å². The molecule has 0 bridgehead atoms. The maximum absolute atomic E-state index is 3.84. The van der Waals surface area contributed by atoms with E-state index in [1.807, 2.05) is 0 Å². The SMILES string of the molecule is CC1CCCC(C)C1N[C@@H]1C[C@H]1C. The summed E-state index contributed by atoms with van der Waals surface area (Å²) in [5, 5.41) is 3.84. The fourth-order valence-electron chi connectivity index (χ4n) is 2.81. The first-order valence-corrected chi connectivity index (χ1v) is 5.94. The van der Waals surface area contributed by atoms with Gasteiger partial charge in [-0.15, -0.1) is 0 Å². The molecule has 0 spiro atoms. The highest BCUT2D eigenvalue weighted by Gasteiger charge is 2.37. The molecule has 2 aliphatic rings. The van der Waals surface area contributed by atoms with Crippen LogP contribution in [-0.2, 0) is 0 Å². The molecule has 0 aromatic carbocycles. The normalized spacial score (nSPS) is 50.5. The maximum atomic E-state index is 3.84. The molecule has 0 aliphatic heterocycles. The molecule has 2 saturated carbocycles. The Morgan fingerprint density at radius 3 is 1.92 bits per heavy atom. The van der Waals surface area contributed by atoms with Gasteiger partial charge < -0.3 is 5.32 Å². The lowest BCUT2D eigenvalue weighted by atomic mass is 9.78. The fraction of sp³-hybridized carbons (Fsp3) is 1.00. The first-order valence-electron chi connectivity index (χ1n) is 5.94. The number of hydrogen-bond acceptors (Lipinski definition) is 1. The summed E-state index contributed by atoms with van der Waals surface area (Å²) in [6.45, 7) is 7.19. The molecular formula is C12H23N. The average Bonchev–Trinajstić information content (AvgIpc) is 2.75. The van der Waals surface area contributed by atoms with Crippen molar-refractivity contribution in [3.05, 3.63) is 0 Å². The second-order valence-electron chi connectivity index (χ2n) is 5.40.